The van der Waals surface area contributed by atoms with Gasteiger partial charge in [-0.3, -0.25) is 9.71 Å². The molecule has 19 heavy (non-hydrogen) atoms. The van der Waals surface area contributed by atoms with Gasteiger partial charge >= 0.3 is 0 Å². The van der Waals surface area contributed by atoms with Crippen molar-refractivity contribution in [1.82, 2.24) is 9.97 Å². The molecule has 2 aromatic rings. The first-order valence-corrected chi connectivity index (χ1v) is 8.10. The fourth-order valence-corrected chi connectivity index (χ4v) is 3.36. The molecule has 0 amide bonds. The molecule has 0 saturated heterocycles. The van der Waals surface area contributed by atoms with E-state index >= 15 is 0 Å². The van der Waals surface area contributed by atoms with E-state index in [1.807, 2.05) is 6.92 Å². The average Bonchev–Trinajstić information content (AvgIpc) is 2.88. The molecule has 0 fully saturated rings. The van der Waals surface area contributed by atoms with Crippen molar-refractivity contribution in [3.8, 4) is 0 Å². The smallest absolute Gasteiger partial charge is 0.267 e. The van der Waals surface area contributed by atoms with Crippen LogP contribution in [-0.2, 0) is 10.0 Å². The van der Waals surface area contributed by atoms with Crippen molar-refractivity contribution in [2.24, 2.45) is 0 Å². The molecule has 0 aliphatic carbocycles. The van der Waals surface area contributed by atoms with Crippen molar-refractivity contribution in [3.63, 3.8) is 0 Å². The normalized spacial score (nSPS) is 11.2. The van der Waals surface area contributed by atoms with E-state index in [1.165, 1.54) is 17.5 Å². The number of thiazole rings is 1. The molecule has 0 atom stereocenters. The quantitative estimate of drug-likeness (QED) is 0.853. The van der Waals surface area contributed by atoms with Gasteiger partial charge in [-0.15, -0.1) is 11.3 Å². The number of hydrogen-bond acceptors (Lipinski definition) is 6. The summed E-state index contributed by atoms with van der Waals surface area (Å²) in [5.41, 5.74) is 0.543. The summed E-state index contributed by atoms with van der Waals surface area (Å²) in [5.74, 6) is 0. The summed E-state index contributed by atoms with van der Waals surface area (Å²) < 4.78 is 26.9. The number of nitrogens with one attached hydrogen (secondary N) is 2. The number of pyridine rings is 1. The molecule has 2 heterocycles. The number of nitrogens with zero attached hydrogens (tertiary/aromatic N) is 2. The van der Waals surface area contributed by atoms with Crippen LogP contribution in [0.1, 0.15) is 13.3 Å². The molecule has 0 unspecified atom stereocenters. The predicted molar refractivity (Wildman–Crippen MR) is 75.9 cm³/mol. The second kappa shape index (κ2) is 5.98. The number of sulfonamides is 1. The van der Waals surface area contributed by atoms with Gasteiger partial charge in [0.25, 0.3) is 10.0 Å². The molecule has 6 nitrogen and oxygen atoms in total. The Bertz CT molecular complexity index is 626. The highest BCUT2D eigenvalue weighted by Gasteiger charge is 2.19. The van der Waals surface area contributed by atoms with Crippen LogP contribution >= 0.6 is 11.3 Å². The predicted octanol–water partition coefficient (Wildman–Crippen LogP) is 2.16. The maximum atomic E-state index is 12.3. The van der Waals surface area contributed by atoms with Crippen LogP contribution in [0.25, 0.3) is 0 Å². The van der Waals surface area contributed by atoms with E-state index in [0.717, 1.165) is 6.42 Å². The van der Waals surface area contributed by atoms with Crippen LogP contribution in [0, 0.1) is 0 Å². The summed E-state index contributed by atoms with van der Waals surface area (Å²) in [6.07, 6.45) is 5.33. The molecule has 0 aliphatic heterocycles. The average molecular weight is 298 g/mol. The van der Waals surface area contributed by atoms with Gasteiger partial charge in [-0.2, -0.15) is 0 Å². The number of rotatable bonds is 6. The third-order valence-corrected chi connectivity index (χ3v) is 4.48. The van der Waals surface area contributed by atoms with Crippen molar-refractivity contribution in [3.05, 3.63) is 30.0 Å². The second-order valence-corrected chi connectivity index (χ2v) is 6.29. The third-order valence-electron chi connectivity index (χ3n) is 2.29. The molecule has 0 spiro atoms. The SMILES string of the molecule is CCCNc1ccncc1S(=O)(=O)Nc1nccs1. The molecule has 2 N–H and O–H groups in total. The van der Waals surface area contributed by atoms with E-state index in [1.54, 1.807) is 23.8 Å². The molecule has 0 aromatic carbocycles. The summed E-state index contributed by atoms with van der Waals surface area (Å²) >= 11 is 1.23. The zero-order valence-corrected chi connectivity index (χ0v) is 12.0. The monoisotopic (exact) mass is 298 g/mol. The highest BCUT2D eigenvalue weighted by molar-refractivity contribution is 7.93. The lowest BCUT2D eigenvalue weighted by Gasteiger charge is -2.11. The first-order valence-electron chi connectivity index (χ1n) is 5.73. The molecule has 8 heteroatoms. The lowest BCUT2D eigenvalue weighted by atomic mass is 10.4. The molecule has 0 saturated carbocycles. The van der Waals surface area contributed by atoms with E-state index in [0.29, 0.717) is 17.4 Å². The van der Waals surface area contributed by atoms with Gasteiger partial charge in [0.1, 0.15) is 4.90 Å². The Balaban J connectivity index is 2.29. The Morgan fingerprint density at radius 1 is 1.37 bits per heavy atom. The zero-order chi connectivity index (χ0) is 13.7. The van der Waals surface area contributed by atoms with E-state index in [9.17, 15) is 8.42 Å². The Morgan fingerprint density at radius 3 is 2.89 bits per heavy atom. The number of aromatic nitrogens is 2. The topological polar surface area (TPSA) is 84.0 Å². The Labute approximate surface area is 116 Å². The van der Waals surface area contributed by atoms with Crippen molar-refractivity contribution in [2.45, 2.75) is 18.2 Å². The van der Waals surface area contributed by atoms with Gasteiger partial charge in [-0.1, -0.05) is 6.92 Å². The molecule has 0 radical (unpaired) electrons. The second-order valence-electron chi connectivity index (χ2n) is 3.74. The van der Waals surface area contributed by atoms with Crippen molar-refractivity contribution in [1.29, 1.82) is 0 Å². The summed E-state index contributed by atoms with van der Waals surface area (Å²) in [5, 5.41) is 5.12. The minimum Gasteiger partial charge on any atom is -0.384 e. The molecular weight excluding hydrogens is 284 g/mol. The van der Waals surface area contributed by atoms with Crippen LogP contribution in [0.4, 0.5) is 10.8 Å². The fraction of sp³-hybridized carbons (Fsp3) is 0.273. The van der Waals surface area contributed by atoms with Gasteiger partial charge in [0.15, 0.2) is 5.13 Å². The minimum absolute atomic E-state index is 0.124. The molecule has 2 rings (SSSR count). The van der Waals surface area contributed by atoms with Crippen LogP contribution in [0.5, 0.6) is 0 Å². The molecular formula is C11H14N4O2S2. The van der Waals surface area contributed by atoms with Gasteiger partial charge < -0.3 is 5.32 Å². The lowest BCUT2D eigenvalue weighted by molar-refractivity contribution is 0.601. The third kappa shape index (κ3) is 3.42. The highest BCUT2D eigenvalue weighted by Crippen LogP contribution is 2.23. The summed E-state index contributed by atoms with van der Waals surface area (Å²) in [6.45, 7) is 2.71. The molecule has 0 bridgehead atoms. The zero-order valence-electron chi connectivity index (χ0n) is 10.3. The van der Waals surface area contributed by atoms with Crippen LogP contribution in [0.3, 0.4) is 0 Å². The van der Waals surface area contributed by atoms with E-state index in [2.05, 4.69) is 20.0 Å². The van der Waals surface area contributed by atoms with Crippen molar-refractivity contribution >= 4 is 32.2 Å². The van der Waals surface area contributed by atoms with Crippen molar-refractivity contribution < 1.29 is 8.42 Å². The number of hydrogen-bond donors (Lipinski definition) is 2. The van der Waals surface area contributed by atoms with Crippen molar-refractivity contribution in [2.75, 3.05) is 16.6 Å². The standard InChI is InChI=1S/C11H14N4O2S2/c1-2-4-13-9-3-5-12-8-10(9)19(16,17)15-11-14-6-7-18-11/h3,5-8H,2,4H2,1H3,(H,12,13)(H,14,15). The first-order chi connectivity index (χ1) is 9.13. The fourth-order valence-electron chi connectivity index (χ4n) is 1.44. The van der Waals surface area contributed by atoms with Crippen LogP contribution < -0.4 is 10.0 Å². The molecule has 102 valence electrons. The van der Waals surface area contributed by atoms with E-state index in [4.69, 9.17) is 0 Å². The lowest BCUT2D eigenvalue weighted by Crippen LogP contribution is -2.16. The summed E-state index contributed by atoms with van der Waals surface area (Å²) in [4.78, 5) is 7.90. The largest absolute Gasteiger partial charge is 0.384 e. The maximum Gasteiger partial charge on any atom is 0.267 e. The number of anilines is 2. The van der Waals surface area contributed by atoms with Crippen LogP contribution in [0.2, 0.25) is 0 Å². The van der Waals surface area contributed by atoms with Gasteiger partial charge in [0.2, 0.25) is 0 Å². The minimum atomic E-state index is -3.67. The first kappa shape index (κ1) is 13.8. The van der Waals surface area contributed by atoms with Crippen LogP contribution in [-0.4, -0.2) is 24.9 Å². The van der Waals surface area contributed by atoms with Gasteiger partial charge in [0.05, 0.1) is 5.69 Å². The van der Waals surface area contributed by atoms with Gasteiger partial charge in [-0.05, 0) is 12.5 Å². The maximum absolute atomic E-state index is 12.3. The summed E-state index contributed by atoms with van der Waals surface area (Å²) in [7, 11) is -3.67. The Kier molecular flexibility index (Phi) is 4.33. The van der Waals surface area contributed by atoms with Gasteiger partial charge in [-0.25, -0.2) is 13.4 Å². The molecule has 0 aliphatic rings. The Morgan fingerprint density at radius 2 is 2.21 bits per heavy atom. The van der Waals surface area contributed by atoms with E-state index in [-0.39, 0.29) is 4.90 Å². The summed E-state index contributed by atoms with van der Waals surface area (Å²) in [6, 6.07) is 1.64. The Hall–Kier alpha value is -1.67. The highest BCUT2D eigenvalue weighted by atomic mass is 32.2. The van der Waals surface area contributed by atoms with Gasteiger partial charge in [0, 0.05) is 30.5 Å². The van der Waals surface area contributed by atoms with Crippen LogP contribution in [0.15, 0.2) is 34.9 Å². The van der Waals surface area contributed by atoms with E-state index < -0.39 is 10.0 Å². The molecule has 2 aromatic heterocycles.